The second kappa shape index (κ2) is 7.15. The van der Waals surface area contributed by atoms with Crippen LogP contribution in [0.15, 0.2) is 48.5 Å². The van der Waals surface area contributed by atoms with E-state index in [9.17, 15) is 0 Å². The number of anilines is 2. The summed E-state index contributed by atoms with van der Waals surface area (Å²) in [5, 5.41) is 24.4. The number of benzene rings is 2. The maximum atomic E-state index is 9.05. The fraction of sp³-hybridized carbons (Fsp3) is 0.300. The molecule has 2 N–H and O–H groups in total. The summed E-state index contributed by atoms with van der Waals surface area (Å²) >= 11 is 0. The summed E-state index contributed by atoms with van der Waals surface area (Å²) in [6, 6.07) is 19.3. The van der Waals surface area contributed by atoms with Crippen LogP contribution in [-0.4, -0.2) is 11.1 Å². The molecule has 0 radical (unpaired) electrons. The summed E-state index contributed by atoms with van der Waals surface area (Å²) in [6.45, 7) is 7.28. The van der Waals surface area contributed by atoms with E-state index in [1.54, 1.807) is 0 Å². The number of hydrogen-bond acceptors (Lipinski definition) is 5. The molecule has 0 aliphatic carbocycles. The fourth-order valence-electron chi connectivity index (χ4n) is 2.13. The lowest BCUT2D eigenvalue weighted by molar-refractivity contribution is 0.482. The van der Waals surface area contributed by atoms with Gasteiger partial charge in [0.1, 0.15) is 22.6 Å². The van der Waals surface area contributed by atoms with E-state index < -0.39 is 11.1 Å². The lowest BCUT2D eigenvalue weighted by Gasteiger charge is -2.19. The molecule has 0 unspecified atom stereocenters. The number of nitrogens with one attached hydrogen (secondary N) is 2. The highest BCUT2D eigenvalue weighted by Gasteiger charge is 2.16. The summed E-state index contributed by atoms with van der Waals surface area (Å²) in [5.41, 5.74) is 0.472. The molecule has 128 valence electrons. The Kier molecular flexibility index (Phi) is 5.20. The summed E-state index contributed by atoms with van der Waals surface area (Å²) in [6.07, 6.45) is 0. The third-order valence-electron chi connectivity index (χ3n) is 3.42. The van der Waals surface area contributed by atoms with Gasteiger partial charge in [0.25, 0.3) is 0 Å². The number of ether oxygens (including phenoxy) is 1. The first kappa shape index (κ1) is 18.2. The van der Waals surface area contributed by atoms with Gasteiger partial charge in [-0.3, -0.25) is 0 Å². The monoisotopic (exact) mass is 334 g/mol. The minimum atomic E-state index is -0.623. The van der Waals surface area contributed by atoms with Gasteiger partial charge in [0.2, 0.25) is 0 Å². The van der Waals surface area contributed by atoms with Crippen LogP contribution >= 0.6 is 0 Å². The Hall–Kier alpha value is -3.18. The van der Waals surface area contributed by atoms with E-state index in [0.29, 0.717) is 11.5 Å². The molecule has 0 aliphatic heterocycles. The van der Waals surface area contributed by atoms with E-state index in [1.165, 1.54) is 0 Å². The number of nitrogens with zero attached hydrogens (tertiary/aromatic N) is 2. The van der Waals surface area contributed by atoms with Crippen molar-refractivity contribution < 1.29 is 4.74 Å². The van der Waals surface area contributed by atoms with Crippen LogP contribution in [-0.2, 0) is 0 Å². The van der Waals surface area contributed by atoms with Crippen molar-refractivity contribution in [2.75, 3.05) is 10.6 Å². The smallest absolute Gasteiger partial charge is 0.127 e. The summed E-state index contributed by atoms with van der Waals surface area (Å²) < 4.78 is 5.82. The van der Waals surface area contributed by atoms with Gasteiger partial charge in [0.15, 0.2) is 0 Å². The van der Waals surface area contributed by atoms with Gasteiger partial charge in [0.05, 0.1) is 12.1 Å². The second-order valence-electron chi connectivity index (χ2n) is 6.87. The van der Waals surface area contributed by atoms with E-state index in [4.69, 9.17) is 15.3 Å². The second-order valence-corrected chi connectivity index (χ2v) is 6.87. The molecule has 5 heteroatoms. The molecule has 2 rings (SSSR count). The topological polar surface area (TPSA) is 80.9 Å². The Balaban J connectivity index is 2.01. The first-order valence-corrected chi connectivity index (χ1v) is 8.00. The average molecular weight is 334 g/mol. The van der Waals surface area contributed by atoms with Gasteiger partial charge in [0, 0.05) is 11.4 Å². The molecule has 0 aromatic heterocycles. The van der Waals surface area contributed by atoms with Gasteiger partial charge in [-0.1, -0.05) is 0 Å². The molecule has 0 atom stereocenters. The predicted molar refractivity (Wildman–Crippen MR) is 99.6 cm³/mol. The third-order valence-corrected chi connectivity index (χ3v) is 3.42. The van der Waals surface area contributed by atoms with Gasteiger partial charge in [-0.05, 0) is 76.2 Å². The maximum absolute atomic E-state index is 9.05. The first-order valence-electron chi connectivity index (χ1n) is 8.00. The Labute approximate surface area is 148 Å². The highest BCUT2D eigenvalue weighted by Crippen LogP contribution is 2.26. The molecule has 0 amide bonds. The quantitative estimate of drug-likeness (QED) is 0.784. The third kappa shape index (κ3) is 5.44. The van der Waals surface area contributed by atoms with Crippen molar-refractivity contribution in [2.45, 2.75) is 38.8 Å². The lowest BCUT2D eigenvalue weighted by Crippen LogP contribution is -2.28. The van der Waals surface area contributed by atoms with E-state index in [2.05, 4.69) is 22.8 Å². The van der Waals surface area contributed by atoms with E-state index in [-0.39, 0.29) is 0 Å². The van der Waals surface area contributed by atoms with Crippen molar-refractivity contribution in [2.24, 2.45) is 0 Å². The highest BCUT2D eigenvalue weighted by atomic mass is 16.5. The molecule has 0 aliphatic rings. The summed E-state index contributed by atoms with van der Waals surface area (Å²) in [5.74, 6) is 1.41. The average Bonchev–Trinajstić information content (AvgIpc) is 2.58. The van der Waals surface area contributed by atoms with Crippen LogP contribution < -0.4 is 15.4 Å². The van der Waals surface area contributed by atoms with Crippen molar-refractivity contribution in [3.63, 3.8) is 0 Å². The van der Waals surface area contributed by atoms with Gasteiger partial charge in [-0.2, -0.15) is 10.5 Å². The number of nitriles is 2. The van der Waals surface area contributed by atoms with Gasteiger partial charge < -0.3 is 15.4 Å². The van der Waals surface area contributed by atoms with Crippen LogP contribution in [0.4, 0.5) is 11.4 Å². The molecule has 0 heterocycles. The molecule has 0 saturated heterocycles. The van der Waals surface area contributed by atoms with Crippen LogP contribution in [0.2, 0.25) is 0 Å². The summed E-state index contributed by atoms with van der Waals surface area (Å²) in [4.78, 5) is 0. The molecule has 5 nitrogen and oxygen atoms in total. The molecule has 0 fully saturated rings. The van der Waals surface area contributed by atoms with Crippen molar-refractivity contribution in [1.29, 1.82) is 10.5 Å². The SMILES string of the molecule is CC(C)(C#N)Nc1ccc(Oc2ccc(NC(C)(C)C#N)cc2)cc1. The van der Waals surface area contributed by atoms with E-state index >= 15 is 0 Å². The van der Waals surface area contributed by atoms with Crippen LogP contribution in [0.3, 0.4) is 0 Å². The Morgan fingerprint density at radius 1 is 0.680 bits per heavy atom. The van der Waals surface area contributed by atoms with Crippen LogP contribution in [0, 0.1) is 22.7 Å². The largest absolute Gasteiger partial charge is 0.457 e. The predicted octanol–water partition coefficient (Wildman–Crippen LogP) is 4.91. The molecule has 0 saturated carbocycles. The van der Waals surface area contributed by atoms with Crippen LogP contribution in [0.5, 0.6) is 11.5 Å². The summed E-state index contributed by atoms with van der Waals surface area (Å²) in [7, 11) is 0. The normalized spacial score (nSPS) is 11.1. The van der Waals surface area contributed by atoms with Crippen LogP contribution in [0.25, 0.3) is 0 Å². The zero-order valence-electron chi connectivity index (χ0n) is 14.9. The molecule has 0 bridgehead atoms. The standard InChI is InChI=1S/C20H22N4O/c1-19(2,13-21)23-15-5-9-17(10-6-15)25-18-11-7-16(8-12-18)24-20(3,4)14-22/h5-12,23-24H,1-4H3. The lowest BCUT2D eigenvalue weighted by atomic mass is 10.1. The molecule has 2 aromatic rings. The minimum absolute atomic E-state index is 0.623. The van der Waals surface area contributed by atoms with Gasteiger partial charge in [-0.25, -0.2) is 0 Å². The number of hydrogen-bond donors (Lipinski definition) is 2. The maximum Gasteiger partial charge on any atom is 0.127 e. The Bertz CT molecular complexity index is 724. The zero-order valence-corrected chi connectivity index (χ0v) is 14.9. The molecule has 25 heavy (non-hydrogen) atoms. The van der Waals surface area contributed by atoms with Crippen molar-refractivity contribution in [3.8, 4) is 23.6 Å². The van der Waals surface area contributed by atoms with E-state index in [1.807, 2.05) is 76.2 Å². The van der Waals surface area contributed by atoms with Crippen molar-refractivity contribution in [3.05, 3.63) is 48.5 Å². The van der Waals surface area contributed by atoms with Crippen LogP contribution in [0.1, 0.15) is 27.7 Å². The first-order chi connectivity index (χ1) is 11.7. The molecular formula is C20H22N4O. The van der Waals surface area contributed by atoms with Crippen molar-refractivity contribution in [1.82, 2.24) is 0 Å². The Morgan fingerprint density at radius 3 is 1.28 bits per heavy atom. The molecule has 0 spiro atoms. The highest BCUT2D eigenvalue weighted by molar-refractivity contribution is 5.52. The van der Waals surface area contributed by atoms with Crippen molar-refractivity contribution >= 4 is 11.4 Å². The Morgan fingerprint density at radius 2 is 1.00 bits per heavy atom. The molecule has 2 aromatic carbocycles. The van der Waals surface area contributed by atoms with E-state index in [0.717, 1.165) is 11.4 Å². The molecular weight excluding hydrogens is 312 g/mol. The number of rotatable bonds is 6. The zero-order chi connectivity index (χ0) is 18.5. The minimum Gasteiger partial charge on any atom is -0.457 e. The fourth-order valence-corrected chi connectivity index (χ4v) is 2.13. The van der Waals surface area contributed by atoms with Gasteiger partial charge in [-0.15, -0.1) is 0 Å². The van der Waals surface area contributed by atoms with Gasteiger partial charge >= 0.3 is 0 Å².